The Kier molecular flexibility index (Phi) is 6.34. The van der Waals surface area contributed by atoms with Gasteiger partial charge in [0.25, 0.3) is 0 Å². The van der Waals surface area contributed by atoms with Crippen LogP contribution in [0.25, 0.3) is 0 Å². The number of hydrogen-bond donors (Lipinski definition) is 0. The number of benzene rings is 1. The molecule has 2 rings (SSSR count). The summed E-state index contributed by atoms with van der Waals surface area (Å²) < 4.78 is 5.32. The Hall–Kier alpha value is -1.68. The summed E-state index contributed by atoms with van der Waals surface area (Å²) in [6, 6.07) is 9.83. The minimum Gasteiger partial charge on any atom is -0.447 e. The molecular weight excluding hydrogens is 288 g/mol. The van der Waals surface area contributed by atoms with Crippen LogP contribution in [0.5, 0.6) is 0 Å². The molecule has 1 aromatic carbocycles. The molecule has 1 aliphatic rings. The predicted octanol–water partition coefficient (Wildman–Crippen LogP) is 4.14. The largest absolute Gasteiger partial charge is 0.447 e. The minimum absolute atomic E-state index is 0.215. The number of rotatable bonds is 4. The van der Waals surface area contributed by atoms with E-state index in [-0.39, 0.29) is 5.41 Å². The summed E-state index contributed by atoms with van der Waals surface area (Å²) in [4.78, 5) is 18.7. The Morgan fingerprint density at radius 3 is 2.39 bits per heavy atom. The summed E-state index contributed by atoms with van der Waals surface area (Å²) in [5, 5.41) is 0. The van der Waals surface area contributed by atoms with Gasteiger partial charge in [0.15, 0.2) is 0 Å². The molecule has 1 amide bonds. The maximum atomic E-state index is 12.1. The topological polar surface area (TPSA) is 41.9 Å². The second kappa shape index (κ2) is 8.25. The van der Waals surface area contributed by atoms with Crippen molar-refractivity contribution in [2.45, 2.75) is 40.0 Å². The number of amides is 1. The van der Waals surface area contributed by atoms with Gasteiger partial charge in [0.2, 0.25) is 0 Å². The molecule has 126 valence electrons. The van der Waals surface area contributed by atoms with E-state index in [1.54, 1.807) is 0 Å². The van der Waals surface area contributed by atoms with E-state index >= 15 is 0 Å². The van der Waals surface area contributed by atoms with Crippen molar-refractivity contribution < 1.29 is 9.53 Å². The Bertz CT molecular complexity index is 526. The van der Waals surface area contributed by atoms with E-state index in [4.69, 9.17) is 4.74 Å². The fourth-order valence-electron chi connectivity index (χ4n) is 2.83. The number of piperidine rings is 1. The van der Waals surface area contributed by atoms with E-state index in [1.807, 2.05) is 30.3 Å². The average Bonchev–Trinajstić information content (AvgIpc) is 2.53. The van der Waals surface area contributed by atoms with Crippen LogP contribution < -0.4 is 0 Å². The molecule has 0 aliphatic carbocycles. The van der Waals surface area contributed by atoms with Crippen LogP contribution >= 0.6 is 0 Å². The number of nitrogens with zero attached hydrogens (tertiary/aromatic N) is 2. The molecule has 0 N–H and O–H groups in total. The SMILES string of the molecule is CC(C)(C)C(=NC(=O)OCCN1CCCCC1)c1ccccc1. The Labute approximate surface area is 139 Å². The molecule has 0 unspecified atom stereocenters. The molecule has 1 saturated heterocycles. The monoisotopic (exact) mass is 316 g/mol. The van der Waals surface area contributed by atoms with Crippen molar-refractivity contribution >= 4 is 11.8 Å². The van der Waals surface area contributed by atoms with Gasteiger partial charge in [0.05, 0.1) is 5.71 Å². The second-order valence-electron chi connectivity index (χ2n) is 7.09. The van der Waals surface area contributed by atoms with E-state index < -0.39 is 6.09 Å². The summed E-state index contributed by atoms with van der Waals surface area (Å²) in [5.41, 5.74) is 1.52. The zero-order valence-electron chi connectivity index (χ0n) is 14.5. The zero-order chi connectivity index (χ0) is 16.7. The van der Waals surface area contributed by atoms with E-state index in [0.29, 0.717) is 6.61 Å². The molecule has 0 aromatic heterocycles. The number of hydrogen-bond acceptors (Lipinski definition) is 3. The molecule has 0 radical (unpaired) electrons. The summed E-state index contributed by atoms with van der Waals surface area (Å²) in [7, 11) is 0. The number of aliphatic imine (C=N–C) groups is 1. The highest BCUT2D eigenvalue weighted by molar-refractivity contribution is 6.08. The van der Waals surface area contributed by atoms with Gasteiger partial charge in [-0.1, -0.05) is 57.5 Å². The van der Waals surface area contributed by atoms with E-state index in [0.717, 1.165) is 30.9 Å². The molecule has 0 bridgehead atoms. The fraction of sp³-hybridized carbons (Fsp3) is 0.579. The van der Waals surface area contributed by atoms with Crippen molar-refractivity contribution in [1.82, 2.24) is 4.90 Å². The van der Waals surface area contributed by atoms with Gasteiger partial charge in [-0.25, -0.2) is 4.79 Å². The molecule has 0 spiro atoms. The lowest BCUT2D eigenvalue weighted by atomic mass is 9.85. The highest BCUT2D eigenvalue weighted by Gasteiger charge is 2.22. The Morgan fingerprint density at radius 1 is 1.13 bits per heavy atom. The quantitative estimate of drug-likeness (QED) is 0.784. The van der Waals surface area contributed by atoms with Gasteiger partial charge in [-0.3, -0.25) is 4.90 Å². The maximum absolute atomic E-state index is 12.1. The Morgan fingerprint density at radius 2 is 1.78 bits per heavy atom. The smallest absolute Gasteiger partial charge is 0.433 e. The van der Waals surface area contributed by atoms with Crippen molar-refractivity contribution in [1.29, 1.82) is 0 Å². The van der Waals surface area contributed by atoms with Crippen LogP contribution in [-0.4, -0.2) is 42.9 Å². The first-order chi connectivity index (χ1) is 11.0. The summed E-state index contributed by atoms with van der Waals surface area (Å²) >= 11 is 0. The maximum Gasteiger partial charge on any atom is 0.433 e. The van der Waals surface area contributed by atoms with Crippen LogP contribution in [0.4, 0.5) is 4.79 Å². The van der Waals surface area contributed by atoms with Crippen LogP contribution in [0.3, 0.4) is 0 Å². The van der Waals surface area contributed by atoms with Crippen molar-refractivity contribution in [3.05, 3.63) is 35.9 Å². The van der Waals surface area contributed by atoms with Crippen molar-refractivity contribution in [2.24, 2.45) is 10.4 Å². The number of ether oxygens (including phenoxy) is 1. The van der Waals surface area contributed by atoms with Crippen molar-refractivity contribution in [3.63, 3.8) is 0 Å². The summed E-state index contributed by atoms with van der Waals surface area (Å²) in [6.45, 7) is 9.60. The number of carbonyl (C=O) groups excluding carboxylic acids is 1. The molecule has 1 fully saturated rings. The van der Waals surface area contributed by atoms with Crippen LogP contribution in [-0.2, 0) is 4.74 Å². The molecule has 4 heteroatoms. The first kappa shape index (κ1) is 17.7. The first-order valence-corrected chi connectivity index (χ1v) is 8.50. The second-order valence-corrected chi connectivity index (χ2v) is 7.09. The third-order valence-electron chi connectivity index (χ3n) is 4.04. The average molecular weight is 316 g/mol. The van der Waals surface area contributed by atoms with Crippen LogP contribution in [0.1, 0.15) is 45.6 Å². The van der Waals surface area contributed by atoms with E-state index in [1.165, 1.54) is 19.3 Å². The molecule has 1 aliphatic heterocycles. The third kappa shape index (κ3) is 5.79. The van der Waals surface area contributed by atoms with E-state index in [2.05, 4.69) is 30.7 Å². The van der Waals surface area contributed by atoms with Gasteiger partial charge in [0.1, 0.15) is 6.61 Å². The van der Waals surface area contributed by atoms with Gasteiger partial charge >= 0.3 is 6.09 Å². The van der Waals surface area contributed by atoms with Crippen LogP contribution in [0, 0.1) is 5.41 Å². The molecule has 0 saturated carbocycles. The summed E-state index contributed by atoms with van der Waals surface area (Å²) in [6.07, 6.45) is 3.31. The van der Waals surface area contributed by atoms with Crippen molar-refractivity contribution in [3.8, 4) is 0 Å². The van der Waals surface area contributed by atoms with Crippen molar-refractivity contribution in [2.75, 3.05) is 26.2 Å². The number of carbonyl (C=O) groups is 1. The van der Waals surface area contributed by atoms with Gasteiger partial charge < -0.3 is 4.74 Å². The van der Waals surface area contributed by atoms with Gasteiger partial charge in [-0.15, -0.1) is 0 Å². The third-order valence-corrected chi connectivity index (χ3v) is 4.04. The highest BCUT2D eigenvalue weighted by Crippen LogP contribution is 2.22. The minimum atomic E-state index is -0.490. The van der Waals surface area contributed by atoms with Gasteiger partial charge in [0, 0.05) is 12.0 Å². The normalized spacial score (nSPS) is 17.1. The summed E-state index contributed by atoms with van der Waals surface area (Å²) in [5.74, 6) is 0. The van der Waals surface area contributed by atoms with Crippen LogP contribution in [0.15, 0.2) is 35.3 Å². The predicted molar refractivity (Wildman–Crippen MR) is 94.1 cm³/mol. The standard InChI is InChI=1S/C19H28N2O2/c1-19(2,3)17(16-10-6-4-7-11-16)20-18(22)23-15-14-21-12-8-5-9-13-21/h4,6-7,10-11H,5,8-9,12-15H2,1-3H3. The molecule has 4 nitrogen and oxygen atoms in total. The Balaban J connectivity index is 1.94. The molecule has 0 atom stereocenters. The van der Waals surface area contributed by atoms with E-state index in [9.17, 15) is 4.79 Å². The molecule has 1 heterocycles. The lowest BCUT2D eigenvalue weighted by Gasteiger charge is -2.26. The lowest BCUT2D eigenvalue weighted by Crippen LogP contribution is -2.33. The number of likely N-dealkylation sites (tertiary alicyclic amines) is 1. The van der Waals surface area contributed by atoms with Gasteiger partial charge in [-0.2, -0.15) is 4.99 Å². The van der Waals surface area contributed by atoms with Gasteiger partial charge in [-0.05, 0) is 31.5 Å². The zero-order valence-corrected chi connectivity index (χ0v) is 14.5. The lowest BCUT2D eigenvalue weighted by molar-refractivity contribution is 0.128. The fourth-order valence-corrected chi connectivity index (χ4v) is 2.83. The molecule has 1 aromatic rings. The highest BCUT2D eigenvalue weighted by atomic mass is 16.5. The van der Waals surface area contributed by atoms with Crippen LogP contribution in [0.2, 0.25) is 0 Å². The molecule has 23 heavy (non-hydrogen) atoms. The first-order valence-electron chi connectivity index (χ1n) is 8.50. The molecular formula is C19H28N2O2.